The standard InChI is InChI=1S/C32H24N2O4S2/c1-4-26-9-5-7-11-31(26)33(39(35,36)28-17-13-24(2)14-18-28)22-21-27-23-34(32-12-8-6-10-30(27)32)40(37,38)29-19-15-25(3)16-20-29/h1,5-20,23H,2-3H3. The lowest BCUT2D eigenvalue weighted by molar-refractivity contribution is 0.588. The first-order valence-corrected chi connectivity index (χ1v) is 15.1. The summed E-state index contributed by atoms with van der Waals surface area (Å²) in [5.74, 6) is 5.45. The van der Waals surface area contributed by atoms with Gasteiger partial charge in [-0.1, -0.05) is 71.6 Å². The Morgan fingerprint density at radius 2 is 1.27 bits per heavy atom. The summed E-state index contributed by atoms with van der Waals surface area (Å²) in [4.78, 5) is 0.175. The minimum absolute atomic E-state index is 0.0450. The number of benzene rings is 4. The van der Waals surface area contributed by atoms with Crippen LogP contribution in [-0.4, -0.2) is 20.8 Å². The van der Waals surface area contributed by atoms with Gasteiger partial charge in [0, 0.05) is 23.2 Å². The molecule has 40 heavy (non-hydrogen) atoms. The number of terminal acetylenes is 1. The topological polar surface area (TPSA) is 76.5 Å². The molecule has 1 heterocycles. The van der Waals surface area contributed by atoms with Crippen LogP contribution < -0.4 is 4.31 Å². The van der Waals surface area contributed by atoms with Crippen LogP contribution in [0.5, 0.6) is 0 Å². The summed E-state index contributed by atoms with van der Waals surface area (Å²) in [6, 6.07) is 29.3. The van der Waals surface area contributed by atoms with Crippen molar-refractivity contribution in [2.24, 2.45) is 0 Å². The van der Waals surface area contributed by atoms with Crippen LogP contribution in [0.3, 0.4) is 0 Å². The minimum Gasteiger partial charge on any atom is -0.240 e. The highest BCUT2D eigenvalue weighted by Gasteiger charge is 2.26. The Balaban J connectivity index is 1.70. The number of rotatable bonds is 5. The zero-order chi connectivity index (χ0) is 28.5. The van der Waals surface area contributed by atoms with E-state index in [1.165, 1.54) is 22.3 Å². The van der Waals surface area contributed by atoms with Gasteiger partial charge in [0.15, 0.2) is 0 Å². The molecule has 0 fully saturated rings. The number of hydrogen-bond acceptors (Lipinski definition) is 4. The minimum atomic E-state index is -4.16. The molecule has 198 valence electrons. The molecule has 4 aromatic carbocycles. The average molecular weight is 565 g/mol. The highest BCUT2D eigenvalue weighted by molar-refractivity contribution is 7.93. The van der Waals surface area contributed by atoms with E-state index in [9.17, 15) is 16.8 Å². The summed E-state index contributed by atoms with van der Waals surface area (Å²) in [5.41, 5.74) is 3.16. The number of nitrogens with zero attached hydrogens (tertiary/aromatic N) is 2. The van der Waals surface area contributed by atoms with Gasteiger partial charge in [-0.15, -0.1) is 6.42 Å². The predicted octanol–water partition coefficient (Wildman–Crippen LogP) is 5.68. The first-order valence-electron chi connectivity index (χ1n) is 12.2. The lowest BCUT2D eigenvalue weighted by Gasteiger charge is -2.19. The molecular weight excluding hydrogens is 540 g/mol. The predicted molar refractivity (Wildman–Crippen MR) is 158 cm³/mol. The van der Waals surface area contributed by atoms with Gasteiger partial charge in [0.2, 0.25) is 0 Å². The van der Waals surface area contributed by atoms with E-state index in [0.717, 1.165) is 15.4 Å². The van der Waals surface area contributed by atoms with E-state index in [1.54, 1.807) is 84.9 Å². The summed E-state index contributed by atoms with van der Waals surface area (Å²) in [6.07, 6.45) is 7.11. The summed E-state index contributed by atoms with van der Waals surface area (Å²) in [5, 5.41) is 0.559. The van der Waals surface area contributed by atoms with Crippen molar-refractivity contribution in [1.82, 2.24) is 3.97 Å². The number of aromatic nitrogens is 1. The second-order valence-electron chi connectivity index (χ2n) is 9.15. The largest absolute Gasteiger partial charge is 0.275 e. The van der Waals surface area contributed by atoms with E-state index in [4.69, 9.17) is 6.42 Å². The van der Waals surface area contributed by atoms with Gasteiger partial charge in [0.1, 0.15) is 0 Å². The molecule has 0 aliphatic heterocycles. The van der Waals surface area contributed by atoms with Crippen LogP contribution in [0.25, 0.3) is 10.9 Å². The van der Waals surface area contributed by atoms with Gasteiger partial charge in [0.05, 0.1) is 26.6 Å². The Bertz CT molecular complexity index is 2060. The Morgan fingerprint density at radius 1 is 0.700 bits per heavy atom. The molecule has 6 nitrogen and oxygen atoms in total. The summed E-state index contributed by atoms with van der Waals surface area (Å²) < 4.78 is 56.9. The van der Waals surface area contributed by atoms with Gasteiger partial charge >= 0.3 is 0 Å². The Labute approximate surface area is 234 Å². The van der Waals surface area contributed by atoms with Crippen molar-refractivity contribution >= 4 is 36.6 Å². The van der Waals surface area contributed by atoms with Crippen molar-refractivity contribution in [3.8, 4) is 24.3 Å². The van der Waals surface area contributed by atoms with E-state index in [-0.39, 0.29) is 15.5 Å². The maximum atomic E-state index is 13.8. The summed E-state index contributed by atoms with van der Waals surface area (Å²) in [6.45, 7) is 3.74. The van der Waals surface area contributed by atoms with Gasteiger partial charge in [0.25, 0.3) is 20.0 Å². The summed E-state index contributed by atoms with van der Waals surface area (Å²) in [7, 11) is -8.10. The molecule has 0 saturated carbocycles. The normalized spacial score (nSPS) is 11.4. The van der Waals surface area contributed by atoms with Crippen LogP contribution in [0.2, 0.25) is 0 Å². The molecule has 8 heteroatoms. The highest BCUT2D eigenvalue weighted by Crippen LogP contribution is 2.28. The number of hydrogen-bond donors (Lipinski definition) is 0. The fourth-order valence-electron chi connectivity index (χ4n) is 4.22. The van der Waals surface area contributed by atoms with E-state index in [2.05, 4.69) is 17.9 Å². The lowest BCUT2D eigenvalue weighted by Crippen LogP contribution is -2.27. The Hall–Kier alpha value is -4.76. The maximum absolute atomic E-state index is 13.8. The molecule has 5 rings (SSSR count). The van der Waals surface area contributed by atoms with E-state index >= 15 is 0 Å². The molecule has 0 spiro atoms. The highest BCUT2D eigenvalue weighted by atomic mass is 32.2. The van der Waals surface area contributed by atoms with Crippen molar-refractivity contribution in [2.75, 3.05) is 4.31 Å². The molecule has 0 atom stereocenters. The van der Waals surface area contributed by atoms with Crippen molar-refractivity contribution in [2.45, 2.75) is 23.6 Å². The van der Waals surface area contributed by atoms with E-state index in [1.807, 2.05) is 13.8 Å². The molecule has 5 aromatic rings. The molecule has 0 saturated heterocycles. The van der Waals surface area contributed by atoms with Crippen LogP contribution in [0, 0.1) is 38.2 Å². The fraction of sp³-hybridized carbons (Fsp3) is 0.0625. The van der Waals surface area contributed by atoms with Crippen LogP contribution in [0.15, 0.2) is 113 Å². The van der Waals surface area contributed by atoms with Gasteiger partial charge in [-0.2, -0.15) is 4.31 Å². The van der Waals surface area contributed by atoms with Gasteiger partial charge in [-0.25, -0.2) is 20.8 Å². The van der Waals surface area contributed by atoms with E-state index in [0.29, 0.717) is 22.0 Å². The Morgan fingerprint density at radius 3 is 1.93 bits per heavy atom. The lowest BCUT2D eigenvalue weighted by atomic mass is 10.2. The molecule has 0 amide bonds. The number of sulfonamides is 1. The third kappa shape index (κ3) is 4.87. The zero-order valence-corrected chi connectivity index (χ0v) is 23.4. The second-order valence-corrected chi connectivity index (χ2v) is 12.8. The van der Waals surface area contributed by atoms with Crippen LogP contribution in [-0.2, 0) is 20.0 Å². The fourth-order valence-corrected chi connectivity index (χ4v) is 6.87. The molecule has 1 aromatic heterocycles. The third-order valence-electron chi connectivity index (χ3n) is 6.39. The number of fused-ring (bicyclic) bond motifs is 1. The number of anilines is 1. The molecular formula is C32H24N2O4S2. The monoisotopic (exact) mass is 564 g/mol. The number of aryl methyl sites for hydroxylation is 2. The molecule has 0 aliphatic carbocycles. The summed E-state index contributed by atoms with van der Waals surface area (Å²) >= 11 is 0. The molecule has 0 unspecified atom stereocenters. The molecule has 0 bridgehead atoms. The first kappa shape index (κ1) is 26.8. The van der Waals surface area contributed by atoms with Crippen molar-refractivity contribution in [3.05, 3.63) is 126 Å². The third-order valence-corrected chi connectivity index (χ3v) is 9.71. The van der Waals surface area contributed by atoms with Gasteiger partial charge in [-0.3, -0.25) is 0 Å². The average Bonchev–Trinajstić information content (AvgIpc) is 3.33. The van der Waals surface area contributed by atoms with E-state index < -0.39 is 20.0 Å². The van der Waals surface area contributed by atoms with Gasteiger partial charge < -0.3 is 0 Å². The van der Waals surface area contributed by atoms with Crippen LogP contribution in [0.1, 0.15) is 22.3 Å². The first-order chi connectivity index (χ1) is 19.1. The zero-order valence-electron chi connectivity index (χ0n) is 21.7. The quantitative estimate of drug-likeness (QED) is 0.203. The number of para-hydroxylation sites is 2. The van der Waals surface area contributed by atoms with Crippen molar-refractivity contribution < 1.29 is 16.8 Å². The second kappa shape index (κ2) is 10.4. The Kier molecular flexibility index (Phi) is 6.99. The SMILES string of the molecule is C#Cc1ccccc1N(C#Cc1cn(S(=O)(=O)c2ccc(C)cc2)c2ccccc12)S(=O)(=O)c1ccc(C)cc1. The molecule has 0 aliphatic rings. The van der Waals surface area contributed by atoms with Gasteiger partial charge in [-0.05, 0) is 62.2 Å². The maximum Gasteiger partial charge on any atom is 0.275 e. The van der Waals surface area contributed by atoms with Crippen molar-refractivity contribution in [3.63, 3.8) is 0 Å². The molecule has 0 N–H and O–H groups in total. The molecule has 0 radical (unpaired) electrons. The van der Waals surface area contributed by atoms with Crippen LogP contribution >= 0.6 is 0 Å². The van der Waals surface area contributed by atoms with Crippen LogP contribution in [0.4, 0.5) is 5.69 Å². The van der Waals surface area contributed by atoms with Crippen molar-refractivity contribution in [1.29, 1.82) is 0 Å². The smallest absolute Gasteiger partial charge is 0.240 e.